The predicted octanol–water partition coefficient (Wildman–Crippen LogP) is 1.20. The molecule has 0 aromatic carbocycles. The highest BCUT2D eigenvalue weighted by Gasteiger charge is 2.18. The van der Waals surface area contributed by atoms with E-state index in [9.17, 15) is 14.4 Å². The summed E-state index contributed by atoms with van der Waals surface area (Å²) in [6, 6.07) is 0. The van der Waals surface area contributed by atoms with Gasteiger partial charge in [0.2, 0.25) is 0 Å². The van der Waals surface area contributed by atoms with Crippen LogP contribution in [0.4, 0.5) is 0 Å². The molecule has 0 rings (SSSR count). The first-order chi connectivity index (χ1) is 7.45. The van der Waals surface area contributed by atoms with Crippen molar-refractivity contribution in [1.29, 1.82) is 0 Å². The van der Waals surface area contributed by atoms with Crippen molar-refractivity contribution in [2.24, 2.45) is 0 Å². The van der Waals surface area contributed by atoms with Crippen LogP contribution in [-0.2, 0) is 19.1 Å². The van der Waals surface area contributed by atoms with Gasteiger partial charge in [-0.25, -0.2) is 0 Å². The van der Waals surface area contributed by atoms with E-state index in [1.165, 1.54) is 10.8 Å². The van der Waals surface area contributed by atoms with Gasteiger partial charge in [0.05, 0.1) is 12.8 Å². The van der Waals surface area contributed by atoms with Crippen molar-refractivity contribution in [3.8, 4) is 0 Å². The van der Waals surface area contributed by atoms with Crippen molar-refractivity contribution in [2.75, 3.05) is 0 Å². The standard InChI is InChI=1S/C8H12O6S2/c1-5(2-6(10)11)15-16-8(14-4-9)3-7(12)13/h4-5,8H,2-3H2,1H3,(H,10,11)(H,12,13). The molecular formula is C8H12O6S2. The van der Waals surface area contributed by atoms with Gasteiger partial charge in [-0.3, -0.25) is 14.4 Å². The highest BCUT2D eigenvalue weighted by atomic mass is 33.1. The van der Waals surface area contributed by atoms with E-state index in [1.807, 2.05) is 0 Å². The molecule has 2 unspecified atom stereocenters. The summed E-state index contributed by atoms with van der Waals surface area (Å²) < 4.78 is 4.54. The zero-order valence-electron chi connectivity index (χ0n) is 8.49. The van der Waals surface area contributed by atoms with Crippen molar-refractivity contribution in [2.45, 2.75) is 30.5 Å². The predicted molar refractivity (Wildman–Crippen MR) is 60.1 cm³/mol. The van der Waals surface area contributed by atoms with Gasteiger partial charge in [0.25, 0.3) is 6.47 Å². The van der Waals surface area contributed by atoms with Crippen molar-refractivity contribution >= 4 is 40.0 Å². The summed E-state index contributed by atoms with van der Waals surface area (Å²) >= 11 is 0. The fraction of sp³-hybridized carbons (Fsp3) is 0.625. The molecule has 6 nitrogen and oxygen atoms in total. The van der Waals surface area contributed by atoms with Crippen LogP contribution in [0.15, 0.2) is 0 Å². The maximum absolute atomic E-state index is 10.4. The highest BCUT2D eigenvalue weighted by Crippen LogP contribution is 2.34. The van der Waals surface area contributed by atoms with E-state index in [4.69, 9.17) is 10.2 Å². The van der Waals surface area contributed by atoms with Crippen LogP contribution in [0.2, 0.25) is 0 Å². The number of hydrogen-bond donors (Lipinski definition) is 2. The van der Waals surface area contributed by atoms with Gasteiger partial charge in [-0.2, -0.15) is 0 Å². The molecule has 2 atom stereocenters. The monoisotopic (exact) mass is 268 g/mol. The molecule has 0 spiro atoms. The third kappa shape index (κ3) is 8.42. The summed E-state index contributed by atoms with van der Waals surface area (Å²) in [6.45, 7) is 1.88. The average Bonchev–Trinajstić information content (AvgIpc) is 2.12. The number of hydrogen-bond acceptors (Lipinski definition) is 6. The van der Waals surface area contributed by atoms with Crippen LogP contribution in [0.5, 0.6) is 0 Å². The minimum atomic E-state index is -1.08. The van der Waals surface area contributed by atoms with Gasteiger partial charge in [-0.1, -0.05) is 17.7 Å². The smallest absolute Gasteiger partial charge is 0.308 e. The average molecular weight is 268 g/mol. The lowest BCUT2D eigenvalue weighted by Gasteiger charge is -2.14. The van der Waals surface area contributed by atoms with Crippen LogP contribution >= 0.6 is 21.6 Å². The SMILES string of the molecule is CC(CC(=O)O)SSC(CC(=O)O)OC=O. The molecule has 0 amide bonds. The quantitative estimate of drug-likeness (QED) is 0.365. The van der Waals surface area contributed by atoms with Gasteiger partial charge in [-0.15, -0.1) is 0 Å². The highest BCUT2D eigenvalue weighted by molar-refractivity contribution is 8.77. The van der Waals surface area contributed by atoms with E-state index in [-0.39, 0.29) is 24.6 Å². The van der Waals surface area contributed by atoms with Gasteiger partial charge in [0, 0.05) is 5.25 Å². The number of carbonyl (C=O) groups excluding carboxylic acids is 1. The van der Waals surface area contributed by atoms with Crippen molar-refractivity contribution in [3.05, 3.63) is 0 Å². The van der Waals surface area contributed by atoms with E-state index in [2.05, 4.69) is 4.74 Å². The maximum atomic E-state index is 10.4. The minimum Gasteiger partial charge on any atom is -0.481 e. The normalized spacial score (nSPS) is 13.8. The van der Waals surface area contributed by atoms with Crippen LogP contribution in [0.3, 0.4) is 0 Å². The van der Waals surface area contributed by atoms with E-state index >= 15 is 0 Å². The lowest BCUT2D eigenvalue weighted by molar-refractivity contribution is -0.141. The van der Waals surface area contributed by atoms with Crippen LogP contribution in [0, 0.1) is 0 Å². The molecule has 8 heteroatoms. The molecule has 2 N–H and O–H groups in total. The fourth-order valence-corrected chi connectivity index (χ4v) is 3.06. The summed E-state index contributed by atoms with van der Waals surface area (Å²) in [4.78, 5) is 30.8. The summed E-state index contributed by atoms with van der Waals surface area (Å²) in [5.74, 6) is -2.00. The lowest BCUT2D eigenvalue weighted by atomic mass is 10.3. The summed E-state index contributed by atoms with van der Waals surface area (Å²) in [6.07, 6.45) is -0.339. The Kier molecular flexibility index (Phi) is 7.82. The first-order valence-corrected chi connectivity index (χ1v) is 6.58. The van der Waals surface area contributed by atoms with E-state index in [1.54, 1.807) is 6.92 Å². The number of carboxylic acids is 2. The zero-order valence-corrected chi connectivity index (χ0v) is 10.1. The zero-order chi connectivity index (χ0) is 12.6. The summed E-state index contributed by atoms with van der Waals surface area (Å²) in [5.41, 5.74) is -0.795. The molecule has 0 fully saturated rings. The molecule has 92 valence electrons. The molecule has 0 aliphatic carbocycles. The molecule has 0 aliphatic rings. The molecule has 0 saturated carbocycles. The topological polar surface area (TPSA) is 101 Å². The Morgan fingerprint density at radius 3 is 2.25 bits per heavy atom. The number of aliphatic carboxylic acids is 2. The Labute approximate surface area is 100 Å². The number of carbonyl (C=O) groups is 3. The van der Waals surface area contributed by atoms with Gasteiger partial charge in [0.15, 0.2) is 5.44 Å². The van der Waals surface area contributed by atoms with Gasteiger partial charge < -0.3 is 14.9 Å². The van der Waals surface area contributed by atoms with Crippen molar-refractivity contribution in [1.82, 2.24) is 0 Å². The maximum Gasteiger partial charge on any atom is 0.308 e. The number of carboxylic acid groups (broad SMARTS) is 2. The second kappa shape index (κ2) is 8.28. The Morgan fingerprint density at radius 1 is 1.25 bits per heavy atom. The molecule has 0 aromatic heterocycles. The molecule has 0 aromatic rings. The van der Waals surface area contributed by atoms with Gasteiger partial charge >= 0.3 is 11.9 Å². The van der Waals surface area contributed by atoms with Crippen LogP contribution in [0.1, 0.15) is 19.8 Å². The Balaban J connectivity index is 3.95. The van der Waals surface area contributed by atoms with Gasteiger partial charge in [0.1, 0.15) is 0 Å². The van der Waals surface area contributed by atoms with Crippen LogP contribution in [-0.4, -0.2) is 39.3 Å². The Hall–Kier alpha value is -0.890. The minimum absolute atomic E-state index is 0.0292. The van der Waals surface area contributed by atoms with Gasteiger partial charge in [-0.05, 0) is 10.8 Å². The third-order valence-corrected chi connectivity index (χ3v) is 4.40. The summed E-state index contributed by atoms with van der Waals surface area (Å²) in [7, 11) is 2.23. The largest absolute Gasteiger partial charge is 0.481 e. The molecule has 0 bridgehead atoms. The third-order valence-electron chi connectivity index (χ3n) is 1.34. The van der Waals surface area contributed by atoms with E-state index in [0.29, 0.717) is 0 Å². The second-order valence-corrected chi connectivity index (χ2v) is 5.73. The van der Waals surface area contributed by atoms with Crippen LogP contribution in [0.25, 0.3) is 0 Å². The van der Waals surface area contributed by atoms with E-state index < -0.39 is 17.4 Å². The number of ether oxygens (including phenoxy) is 1. The Morgan fingerprint density at radius 2 is 1.81 bits per heavy atom. The molecule has 0 heterocycles. The molecular weight excluding hydrogens is 256 g/mol. The van der Waals surface area contributed by atoms with E-state index in [0.717, 1.165) is 10.8 Å². The molecule has 0 aliphatic heterocycles. The van der Waals surface area contributed by atoms with Crippen molar-refractivity contribution < 1.29 is 29.3 Å². The van der Waals surface area contributed by atoms with Crippen LogP contribution < -0.4 is 0 Å². The Bertz CT molecular complexity index is 257. The lowest BCUT2D eigenvalue weighted by Crippen LogP contribution is -2.13. The summed E-state index contributed by atoms with van der Waals surface area (Å²) in [5, 5.41) is 16.8. The second-order valence-electron chi connectivity index (χ2n) is 2.86. The first-order valence-electron chi connectivity index (χ1n) is 4.30. The molecule has 16 heavy (non-hydrogen) atoms. The molecule has 0 saturated heterocycles. The van der Waals surface area contributed by atoms with Crippen molar-refractivity contribution in [3.63, 3.8) is 0 Å². The molecule has 0 radical (unpaired) electrons. The fourth-order valence-electron chi connectivity index (χ4n) is 0.746. The first kappa shape index (κ1) is 15.1. The number of rotatable bonds is 9.